The Morgan fingerprint density at radius 2 is 1.52 bits per heavy atom. The summed E-state index contributed by atoms with van der Waals surface area (Å²) >= 11 is 0. The summed E-state index contributed by atoms with van der Waals surface area (Å²) in [5.74, 6) is 1.80. The Hall–Kier alpha value is -0.520. The fourth-order valence-corrected chi connectivity index (χ4v) is 3.46. The minimum Gasteiger partial charge on any atom is -0.0885 e. The van der Waals surface area contributed by atoms with Gasteiger partial charge in [-0.3, -0.25) is 0 Å². The van der Waals surface area contributed by atoms with Crippen molar-refractivity contribution < 1.29 is 0 Å². The van der Waals surface area contributed by atoms with Crippen LogP contribution in [-0.2, 0) is 0 Å². The van der Waals surface area contributed by atoms with Crippen LogP contribution in [0.1, 0.15) is 97.3 Å². The van der Waals surface area contributed by atoms with Crippen molar-refractivity contribution in [2.45, 2.75) is 97.3 Å². The summed E-state index contributed by atoms with van der Waals surface area (Å²) in [5, 5.41) is 0. The zero-order valence-electron chi connectivity index (χ0n) is 14.7. The summed E-state index contributed by atoms with van der Waals surface area (Å²) in [6.45, 7) is 4.56. The Morgan fingerprint density at radius 3 is 2.33 bits per heavy atom. The van der Waals surface area contributed by atoms with Crippen LogP contribution < -0.4 is 0 Å². The third kappa shape index (κ3) is 9.17. The molecule has 0 N–H and O–H groups in total. The van der Waals surface area contributed by atoms with Crippen LogP contribution in [0.15, 0.2) is 24.3 Å². The molecule has 0 amide bonds. The lowest BCUT2D eigenvalue weighted by molar-refractivity contribution is 0.462. The smallest absolute Gasteiger partial charge is 0.0202 e. The van der Waals surface area contributed by atoms with Crippen molar-refractivity contribution in [1.29, 1.82) is 0 Å². The molecule has 0 aliphatic heterocycles. The number of rotatable bonds is 12. The monoisotopic (exact) mass is 290 g/mol. The van der Waals surface area contributed by atoms with Crippen LogP contribution >= 0.6 is 0 Å². The summed E-state index contributed by atoms with van der Waals surface area (Å²) in [4.78, 5) is 0. The molecule has 0 radical (unpaired) electrons. The molecule has 1 fully saturated rings. The second-order valence-electron chi connectivity index (χ2n) is 6.84. The molecule has 0 aromatic carbocycles. The van der Waals surface area contributed by atoms with Crippen LogP contribution in [0.5, 0.6) is 0 Å². The van der Waals surface area contributed by atoms with Crippen molar-refractivity contribution in [1.82, 2.24) is 0 Å². The minimum absolute atomic E-state index is 0.872. The number of hydrogen-bond donors (Lipinski definition) is 0. The number of hydrogen-bond acceptors (Lipinski definition) is 0. The fourth-order valence-electron chi connectivity index (χ4n) is 3.46. The first-order chi connectivity index (χ1) is 10.4. The summed E-state index contributed by atoms with van der Waals surface area (Å²) in [6, 6.07) is 0. The molecule has 0 aromatic rings. The van der Waals surface area contributed by atoms with Crippen molar-refractivity contribution in [3.05, 3.63) is 24.3 Å². The first-order valence-electron chi connectivity index (χ1n) is 9.70. The lowest BCUT2D eigenvalue weighted by atomic mass is 9.92. The lowest BCUT2D eigenvalue weighted by Gasteiger charge is -2.14. The van der Waals surface area contributed by atoms with Gasteiger partial charge in [-0.15, -0.1) is 0 Å². The highest BCUT2D eigenvalue weighted by Crippen LogP contribution is 2.35. The van der Waals surface area contributed by atoms with Crippen LogP contribution in [0.3, 0.4) is 0 Å². The van der Waals surface area contributed by atoms with Crippen molar-refractivity contribution in [2.75, 3.05) is 0 Å². The number of allylic oxidation sites excluding steroid dienone is 4. The Balaban J connectivity index is 2.13. The first kappa shape index (κ1) is 18.5. The maximum absolute atomic E-state index is 2.55. The van der Waals surface area contributed by atoms with Gasteiger partial charge in [0, 0.05) is 0 Å². The van der Waals surface area contributed by atoms with Crippen molar-refractivity contribution in [2.24, 2.45) is 11.8 Å². The fraction of sp³-hybridized carbons (Fsp3) is 0.810. The Morgan fingerprint density at radius 1 is 0.762 bits per heavy atom. The van der Waals surface area contributed by atoms with E-state index < -0.39 is 0 Å². The topological polar surface area (TPSA) is 0 Å². The summed E-state index contributed by atoms with van der Waals surface area (Å²) < 4.78 is 0. The Bertz CT molecular complexity index is 274. The predicted octanol–water partition coefficient (Wildman–Crippen LogP) is 7.46. The molecular formula is C21H38. The molecule has 0 aromatic heterocycles. The molecule has 1 saturated carbocycles. The molecular weight excluding hydrogens is 252 g/mol. The minimum atomic E-state index is 0.872. The molecule has 0 heteroatoms. The van der Waals surface area contributed by atoms with E-state index in [1.807, 2.05) is 0 Å². The van der Waals surface area contributed by atoms with Gasteiger partial charge in [0.15, 0.2) is 0 Å². The zero-order valence-corrected chi connectivity index (χ0v) is 14.7. The normalized spacial score (nSPS) is 22.8. The molecule has 0 heterocycles. The standard InChI is InChI=1S/C21H38/c1-3-5-7-9-10-12-14-17-21-19-15-18-20(21)16-13-11-8-6-4-2/h11,13-14,17,20-21H,3-10,12,15-16,18-19H2,1-2H3/t20-,21-/m0/s1. The van der Waals surface area contributed by atoms with Gasteiger partial charge in [-0.1, -0.05) is 83.1 Å². The van der Waals surface area contributed by atoms with E-state index in [-0.39, 0.29) is 0 Å². The van der Waals surface area contributed by atoms with Gasteiger partial charge >= 0.3 is 0 Å². The Kier molecular flexibility index (Phi) is 11.6. The molecule has 1 rings (SSSR count). The van der Waals surface area contributed by atoms with E-state index in [0.29, 0.717) is 0 Å². The molecule has 122 valence electrons. The van der Waals surface area contributed by atoms with Gasteiger partial charge in [0.1, 0.15) is 0 Å². The van der Waals surface area contributed by atoms with Gasteiger partial charge in [0.25, 0.3) is 0 Å². The average Bonchev–Trinajstić information content (AvgIpc) is 2.94. The van der Waals surface area contributed by atoms with Crippen molar-refractivity contribution in [3.63, 3.8) is 0 Å². The quantitative estimate of drug-likeness (QED) is 0.258. The van der Waals surface area contributed by atoms with E-state index in [1.54, 1.807) is 0 Å². The van der Waals surface area contributed by atoms with E-state index in [1.165, 1.54) is 83.5 Å². The number of unbranched alkanes of at least 4 members (excludes halogenated alkanes) is 7. The van der Waals surface area contributed by atoms with Gasteiger partial charge < -0.3 is 0 Å². The van der Waals surface area contributed by atoms with Crippen LogP contribution in [0.25, 0.3) is 0 Å². The van der Waals surface area contributed by atoms with E-state index in [0.717, 1.165) is 11.8 Å². The molecule has 1 aliphatic carbocycles. The van der Waals surface area contributed by atoms with E-state index >= 15 is 0 Å². The maximum Gasteiger partial charge on any atom is -0.0202 e. The SMILES string of the molecule is CCCCC=CC[C@H]1CCC[C@@H]1C=CCCCCCCC. The van der Waals surface area contributed by atoms with Crippen LogP contribution in [0.2, 0.25) is 0 Å². The maximum atomic E-state index is 2.55. The highest BCUT2D eigenvalue weighted by atomic mass is 14.3. The molecule has 1 aliphatic rings. The van der Waals surface area contributed by atoms with Crippen LogP contribution in [0.4, 0.5) is 0 Å². The first-order valence-corrected chi connectivity index (χ1v) is 9.70. The van der Waals surface area contributed by atoms with Gasteiger partial charge in [0.05, 0.1) is 0 Å². The largest absolute Gasteiger partial charge is 0.0885 e. The molecule has 21 heavy (non-hydrogen) atoms. The molecule has 0 spiro atoms. The molecule has 0 bridgehead atoms. The van der Waals surface area contributed by atoms with E-state index in [9.17, 15) is 0 Å². The summed E-state index contributed by atoms with van der Waals surface area (Å²) in [6.07, 6.45) is 27.8. The van der Waals surface area contributed by atoms with Crippen molar-refractivity contribution >= 4 is 0 Å². The molecule has 0 unspecified atom stereocenters. The summed E-state index contributed by atoms with van der Waals surface area (Å²) in [5.41, 5.74) is 0. The second-order valence-corrected chi connectivity index (χ2v) is 6.84. The third-order valence-electron chi connectivity index (χ3n) is 4.91. The highest BCUT2D eigenvalue weighted by Gasteiger charge is 2.23. The predicted molar refractivity (Wildman–Crippen MR) is 96.6 cm³/mol. The highest BCUT2D eigenvalue weighted by molar-refractivity contribution is 4.97. The summed E-state index contributed by atoms with van der Waals surface area (Å²) in [7, 11) is 0. The van der Waals surface area contributed by atoms with E-state index in [4.69, 9.17) is 0 Å². The third-order valence-corrected chi connectivity index (χ3v) is 4.91. The van der Waals surface area contributed by atoms with Gasteiger partial charge in [0.2, 0.25) is 0 Å². The molecule has 0 saturated heterocycles. The molecule has 2 atom stereocenters. The van der Waals surface area contributed by atoms with Gasteiger partial charge in [-0.25, -0.2) is 0 Å². The second kappa shape index (κ2) is 13.2. The van der Waals surface area contributed by atoms with Gasteiger partial charge in [-0.05, 0) is 50.4 Å². The average molecular weight is 291 g/mol. The zero-order chi connectivity index (χ0) is 15.2. The Labute approximate surface area is 134 Å². The molecule has 0 nitrogen and oxygen atoms in total. The van der Waals surface area contributed by atoms with Gasteiger partial charge in [-0.2, -0.15) is 0 Å². The van der Waals surface area contributed by atoms with Crippen molar-refractivity contribution in [3.8, 4) is 0 Å². The lowest BCUT2D eigenvalue weighted by Crippen LogP contribution is -2.03. The van der Waals surface area contributed by atoms with E-state index in [2.05, 4.69) is 38.2 Å². The van der Waals surface area contributed by atoms with Crippen LogP contribution in [0, 0.1) is 11.8 Å². The van der Waals surface area contributed by atoms with Crippen LogP contribution in [-0.4, -0.2) is 0 Å².